The summed E-state index contributed by atoms with van der Waals surface area (Å²) in [6.45, 7) is 0.420. The first-order valence-electron chi connectivity index (χ1n) is 8.51. The van der Waals surface area contributed by atoms with Crippen molar-refractivity contribution in [2.75, 3.05) is 0 Å². The molecule has 0 unspecified atom stereocenters. The van der Waals surface area contributed by atoms with Crippen molar-refractivity contribution in [2.24, 2.45) is 17.8 Å². The fourth-order valence-corrected chi connectivity index (χ4v) is 6.10. The van der Waals surface area contributed by atoms with Crippen molar-refractivity contribution >= 4 is 33.3 Å². The number of nitrogens with one attached hydrogen (secondary N) is 2. The number of rotatable bonds is 3. The van der Waals surface area contributed by atoms with Gasteiger partial charge in [-0.1, -0.05) is 15.9 Å². The van der Waals surface area contributed by atoms with Crippen molar-refractivity contribution in [3.8, 4) is 0 Å². The fraction of sp³-hybridized carbons (Fsp3) is 0.611. The lowest BCUT2D eigenvalue weighted by Gasteiger charge is -2.57. The summed E-state index contributed by atoms with van der Waals surface area (Å²) >= 11 is 8.89. The monoisotopic (exact) mass is 396 g/mol. The molecule has 0 heterocycles. The summed E-state index contributed by atoms with van der Waals surface area (Å²) in [4.78, 5) is 0. The summed E-state index contributed by atoms with van der Waals surface area (Å²) in [5, 5.41) is 7.49. The molecular formula is C18H22BrFN2S. The van der Waals surface area contributed by atoms with E-state index in [0.717, 1.165) is 22.2 Å². The Morgan fingerprint density at radius 3 is 2.39 bits per heavy atom. The molecule has 2 nitrogen and oxygen atoms in total. The minimum atomic E-state index is -0.196. The van der Waals surface area contributed by atoms with Gasteiger partial charge in [-0.15, -0.1) is 0 Å². The van der Waals surface area contributed by atoms with E-state index in [1.807, 2.05) is 0 Å². The summed E-state index contributed by atoms with van der Waals surface area (Å²) in [6.07, 6.45) is 8.03. The van der Waals surface area contributed by atoms with Gasteiger partial charge in [0.25, 0.3) is 0 Å². The van der Waals surface area contributed by atoms with Gasteiger partial charge in [-0.05, 0) is 86.7 Å². The Morgan fingerprint density at radius 1 is 1.17 bits per heavy atom. The van der Waals surface area contributed by atoms with Crippen LogP contribution in [-0.2, 0) is 6.54 Å². The molecule has 0 aromatic heterocycles. The molecule has 1 aromatic rings. The number of hydrogen-bond donors (Lipinski definition) is 2. The van der Waals surface area contributed by atoms with Gasteiger partial charge in [0.2, 0.25) is 0 Å². The normalized spacial score (nSPS) is 34.4. The Hall–Kier alpha value is -0.680. The predicted octanol–water partition coefficient (Wildman–Crippen LogP) is 4.52. The smallest absolute Gasteiger partial charge is 0.166 e. The maximum absolute atomic E-state index is 13.8. The molecule has 4 bridgehead atoms. The van der Waals surface area contributed by atoms with E-state index in [1.165, 1.54) is 44.6 Å². The van der Waals surface area contributed by atoms with Gasteiger partial charge in [-0.2, -0.15) is 0 Å². The van der Waals surface area contributed by atoms with Crippen LogP contribution < -0.4 is 10.6 Å². The number of thiocarbonyl (C=S) groups is 1. The zero-order valence-electron chi connectivity index (χ0n) is 13.1. The second kappa shape index (κ2) is 5.99. The first-order valence-corrected chi connectivity index (χ1v) is 9.71. The van der Waals surface area contributed by atoms with E-state index in [9.17, 15) is 4.39 Å². The Kier molecular flexibility index (Phi) is 4.12. The van der Waals surface area contributed by atoms with Crippen molar-refractivity contribution in [2.45, 2.75) is 50.6 Å². The summed E-state index contributed by atoms with van der Waals surface area (Å²) < 4.78 is 14.7. The van der Waals surface area contributed by atoms with E-state index < -0.39 is 0 Å². The first-order chi connectivity index (χ1) is 11.0. The number of hydrogen-bond acceptors (Lipinski definition) is 1. The molecule has 5 heteroatoms. The minimum Gasteiger partial charge on any atom is -0.359 e. The molecule has 0 amide bonds. The van der Waals surface area contributed by atoms with Crippen LogP contribution in [0.2, 0.25) is 0 Å². The zero-order valence-corrected chi connectivity index (χ0v) is 15.5. The average Bonchev–Trinajstić information content (AvgIpc) is 2.46. The Morgan fingerprint density at radius 2 is 1.78 bits per heavy atom. The van der Waals surface area contributed by atoms with E-state index in [-0.39, 0.29) is 11.4 Å². The quantitative estimate of drug-likeness (QED) is 0.734. The van der Waals surface area contributed by atoms with Gasteiger partial charge in [0.15, 0.2) is 5.11 Å². The number of halogens is 2. The molecular weight excluding hydrogens is 375 g/mol. The lowest BCUT2D eigenvalue weighted by molar-refractivity contribution is -0.0101. The topological polar surface area (TPSA) is 24.1 Å². The van der Waals surface area contributed by atoms with Crippen molar-refractivity contribution in [1.82, 2.24) is 10.6 Å². The van der Waals surface area contributed by atoms with Gasteiger partial charge in [0.1, 0.15) is 5.82 Å². The lowest BCUT2D eigenvalue weighted by atomic mass is 9.53. The van der Waals surface area contributed by atoms with Gasteiger partial charge in [0.05, 0.1) is 0 Å². The largest absolute Gasteiger partial charge is 0.359 e. The molecule has 0 aliphatic heterocycles. The summed E-state index contributed by atoms with van der Waals surface area (Å²) in [7, 11) is 0. The van der Waals surface area contributed by atoms with E-state index in [1.54, 1.807) is 12.1 Å². The molecule has 4 saturated carbocycles. The summed E-state index contributed by atoms with van der Waals surface area (Å²) in [6, 6.07) is 5.00. The highest BCUT2D eigenvalue weighted by molar-refractivity contribution is 9.10. The fourth-order valence-electron chi connectivity index (χ4n) is 5.40. The lowest BCUT2D eigenvalue weighted by Crippen LogP contribution is -2.61. The molecule has 23 heavy (non-hydrogen) atoms. The van der Waals surface area contributed by atoms with Crippen LogP contribution in [0.25, 0.3) is 0 Å². The molecule has 1 aromatic carbocycles. The Balaban J connectivity index is 1.38. The van der Waals surface area contributed by atoms with Crippen molar-refractivity contribution in [3.05, 3.63) is 34.1 Å². The van der Waals surface area contributed by atoms with Crippen LogP contribution in [0.1, 0.15) is 44.1 Å². The summed E-state index contributed by atoms with van der Waals surface area (Å²) in [5.41, 5.74) is 0.836. The molecule has 0 spiro atoms. The third-order valence-electron chi connectivity index (χ3n) is 5.86. The standard InChI is InChI=1S/C18H22BrFN2S/c19-15-1-2-16(20)14(6-15)10-21-17(23)22-18-7-11-3-12(8-18)5-13(4-11)9-18/h1-2,6,11-13H,3-5,7-10H2,(H2,21,22,23). The maximum Gasteiger partial charge on any atom is 0.166 e. The maximum atomic E-state index is 13.8. The highest BCUT2D eigenvalue weighted by Crippen LogP contribution is 2.55. The molecule has 5 rings (SSSR count). The Bertz CT molecular complexity index is 598. The van der Waals surface area contributed by atoms with Gasteiger partial charge in [-0.25, -0.2) is 4.39 Å². The van der Waals surface area contributed by atoms with Crippen molar-refractivity contribution in [1.29, 1.82) is 0 Å². The molecule has 2 N–H and O–H groups in total. The SMILES string of the molecule is Fc1ccc(Br)cc1CNC(=S)NC12CC3CC(CC(C3)C1)C2. The highest BCUT2D eigenvalue weighted by atomic mass is 79.9. The molecule has 124 valence electrons. The van der Waals surface area contributed by atoms with E-state index in [0.29, 0.717) is 17.2 Å². The van der Waals surface area contributed by atoms with Gasteiger partial charge in [0, 0.05) is 22.1 Å². The van der Waals surface area contributed by atoms with Crippen molar-refractivity contribution < 1.29 is 4.39 Å². The number of benzene rings is 1. The highest BCUT2D eigenvalue weighted by Gasteiger charge is 2.51. The third-order valence-corrected chi connectivity index (χ3v) is 6.60. The van der Waals surface area contributed by atoms with Crippen LogP contribution in [0.5, 0.6) is 0 Å². The van der Waals surface area contributed by atoms with Gasteiger partial charge >= 0.3 is 0 Å². The summed E-state index contributed by atoms with van der Waals surface area (Å²) in [5.74, 6) is 2.47. The van der Waals surface area contributed by atoms with E-state index in [4.69, 9.17) is 12.2 Å². The van der Waals surface area contributed by atoms with Crippen LogP contribution >= 0.6 is 28.1 Å². The van der Waals surface area contributed by atoms with E-state index >= 15 is 0 Å². The van der Waals surface area contributed by atoms with Crippen LogP contribution in [0.4, 0.5) is 4.39 Å². The molecule has 4 aliphatic rings. The van der Waals surface area contributed by atoms with Crippen LogP contribution in [-0.4, -0.2) is 10.7 Å². The molecule has 0 radical (unpaired) electrons. The molecule has 4 fully saturated rings. The van der Waals surface area contributed by atoms with Gasteiger partial charge < -0.3 is 10.6 Å². The van der Waals surface area contributed by atoms with Crippen molar-refractivity contribution in [3.63, 3.8) is 0 Å². The Labute approximate surface area is 150 Å². The van der Waals surface area contributed by atoms with Crippen LogP contribution in [0.3, 0.4) is 0 Å². The second-order valence-corrected chi connectivity index (χ2v) is 9.07. The van der Waals surface area contributed by atoms with Gasteiger partial charge in [-0.3, -0.25) is 0 Å². The molecule has 0 atom stereocenters. The minimum absolute atomic E-state index is 0.196. The molecule has 0 saturated heterocycles. The third kappa shape index (κ3) is 3.27. The van der Waals surface area contributed by atoms with E-state index in [2.05, 4.69) is 26.6 Å². The van der Waals surface area contributed by atoms with Crippen LogP contribution in [0.15, 0.2) is 22.7 Å². The van der Waals surface area contributed by atoms with Crippen LogP contribution in [0, 0.1) is 23.6 Å². The predicted molar refractivity (Wildman–Crippen MR) is 97.6 cm³/mol. The molecule has 4 aliphatic carbocycles. The average molecular weight is 397 g/mol. The second-order valence-electron chi connectivity index (χ2n) is 7.74. The first kappa shape index (κ1) is 15.8. The zero-order chi connectivity index (χ0) is 16.0.